The van der Waals surface area contributed by atoms with Crippen LogP contribution < -0.4 is 5.73 Å². The molecule has 0 saturated carbocycles. The number of Topliss-reactive ketones (excluding diaryl/α,β-unsaturated/α-hetero) is 1. The second-order valence-corrected chi connectivity index (χ2v) is 8.54. The molecule has 0 bridgehead atoms. The minimum atomic E-state index is -0.484. The van der Waals surface area contributed by atoms with Gasteiger partial charge in [0, 0.05) is 47.4 Å². The molecular formula is C24H19N3O4S. The number of hydrogen-bond acceptors (Lipinski definition) is 7. The molecule has 2 N–H and O–H groups in total. The van der Waals surface area contributed by atoms with Gasteiger partial charge in [0.25, 0.3) is 5.69 Å². The van der Waals surface area contributed by atoms with Gasteiger partial charge in [-0.15, -0.1) is 11.3 Å². The molecule has 2 aliphatic rings. The fourth-order valence-corrected chi connectivity index (χ4v) is 5.13. The second-order valence-electron chi connectivity index (χ2n) is 7.68. The van der Waals surface area contributed by atoms with Gasteiger partial charge in [0.2, 0.25) is 0 Å². The zero-order valence-corrected chi connectivity index (χ0v) is 17.8. The molecule has 0 amide bonds. The van der Waals surface area contributed by atoms with E-state index in [1.807, 2.05) is 35.7 Å². The molecular weight excluding hydrogens is 426 g/mol. The Kier molecular flexibility index (Phi) is 5.07. The standard InChI is InChI=1S/C24H19N3O4S/c25-23-22(24-26-17(13-32-24)14-5-2-1-3-6-14)20(15-9-11-16(12-10-15)27(29)30)21-18(28)7-4-8-19(21)31-23/h1-3,5-6,9-13,20H,4,7-8,25H2/t20-/m0/s1. The minimum absolute atomic E-state index is 0.0101. The number of aromatic nitrogens is 1. The van der Waals surface area contributed by atoms with Crippen LogP contribution >= 0.6 is 11.3 Å². The Bertz CT molecular complexity index is 1280. The van der Waals surface area contributed by atoms with E-state index in [1.54, 1.807) is 12.1 Å². The number of non-ortho nitro benzene ring substituents is 1. The van der Waals surface area contributed by atoms with Crippen LogP contribution in [-0.2, 0) is 9.53 Å². The molecule has 0 radical (unpaired) electrons. The number of benzene rings is 2. The van der Waals surface area contributed by atoms with Crippen molar-refractivity contribution >= 4 is 28.4 Å². The molecule has 3 aromatic rings. The summed E-state index contributed by atoms with van der Waals surface area (Å²) in [5.41, 5.74) is 10.1. The van der Waals surface area contributed by atoms with Gasteiger partial charge < -0.3 is 10.5 Å². The second kappa shape index (κ2) is 8.05. The van der Waals surface area contributed by atoms with Crippen molar-refractivity contribution < 1.29 is 14.5 Å². The van der Waals surface area contributed by atoms with E-state index in [2.05, 4.69) is 0 Å². The van der Waals surface area contributed by atoms with Gasteiger partial charge in [-0.3, -0.25) is 14.9 Å². The van der Waals surface area contributed by atoms with Crippen molar-refractivity contribution in [3.05, 3.63) is 97.9 Å². The lowest BCUT2D eigenvalue weighted by Gasteiger charge is -2.32. The predicted octanol–water partition coefficient (Wildman–Crippen LogP) is 5.17. The summed E-state index contributed by atoms with van der Waals surface area (Å²) in [5.74, 6) is 0.336. The maximum absolute atomic E-state index is 13.0. The highest BCUT2D eigenvalue weighted by Crippen LogP contribution is 2.48. The fourth-order valence-electron chi connectivity index (χ4n) is 4.23. The zero-order valence-electron chi connectivity index (χ0n) is 17.0. The fraction of sp³-hybridized carbons (Fsp3) is 0.167. The summed E-state index contributed by atoms with van der Waals surface area (Å²) in [6, 6.07) is 16.1. The first-order valence-corrected chi connectivity index (χ1v) is 11.1. The van der Waals surface area contributed by atoms with E-state index < -0.39 is 10.8 Å². The highest BCUT2D eigenvalue weighted by molar-refractivity contribution is 7.11. The number of ketones is 1. The van der Waals surface area contributed by atoms with Crippen molar-refractivity contribution in [2.24, 2.45) is 5.73 Å². The molecule has 0 spiro atoms. The monoisotopic (exact) mass is 445 g/mol. The lowest BCUT2D eigenvalue weighted by molar-refractivity contribution is -0.384. The number of carbonyl (C=O) groups excluding carboxylic acids is 1. The number of nitrogens with two attached hydrogens (primary N) is 1. The first-order chi connectivity index (χ1) is 15.5. The topological polar surface area (TPSA) is 108 Å². The van der Waals surface area contributed by atoms with E-state index >= 15 is 0 Å². The third-order valence-electron chi connectivity index (χ3n) is 5.73. The number of nitro groups is 1. The van der Waals surface area contributed by atoms with Crippen molar-refractivity contribution in [2.45, 2.75) is 25.2 Å². The molecule has 2 heterocycles. The number of nitrogens with zero attached hydrogens (tertiary/aromatic N) is 2. The molecule has 5 rings (SSSR count). The van der Waals surface area contributed by atoms with Crippen LogP contribution in [0, 0.1) is 10.1 Å². The summed E-state index contributed by atoms with van der Waals surface area (Å²) in [5, 5.41) is 13.7. The predicted molar refractivity (Wildman–Crippen MR) is 121 cm³/mol. The highest BCUT2D eigenvalue weighted by atomic mass is 32.1. The van der Waals surface area contributed by atoms with Crippen LogP contribution in [-0.4, -0.2) is 15.7 Å². The third-order valence-corrected chi connectivity index (χ3v) is 6.60. The van der Waals surface area contributed by atoms with Crippen LogP contribution in [0.5, 0.6) is 0 Å². The van der Waals surface area contributed by atoms with Gasteiger partial charge >= 0.3 is 0 Å². The molecule has 0 fully saturated rings. The molecule has 8 heteroatoms. The van der Waals surface area contributed by atoms with Gasteiger partial charge in [0.05, 0.1) is 16.2 Å². The van der Waals surface area contributed by atoms with Crippen LogP contribution in [0.3, 0.4) is 0 Å². The summed E-state index contributed by atoms with van der Waals surface area (Å²) in [6.45, 7) is 0. The lowest BCUT2D eigenvalue weighted by Crippen LogP contribution is -2.27. The third kappa shape index (κ3) is 3.48. The Balaban J connectivity index is 1.64. The molecule has 32 heavy (non-hydrogen) atoms. The molecule has 0 saturated heterocycles. The van der Waals surface area contributed by atoms with E-state index in [9.17, 15) is 14.9 Å². The number of nitro benzene ring substituents is 1. The zero-order chi connectivity index (χ0) is 22.2. The SMILES string of the molecule is NC1=C(c2nc(-c3ccccc3)cs2)[C@@H](c2ccc([N+](=O)[O-])cc2)C2=C(CCCC2=O)O1. The normalized spacial score (nSPS) is 18.4. The van der Waals surface area contributed by atoms with Crippen molar-refractivity contribution in [2.75, 3.05) is 0 Å². The Morgan fingerprint density at radius 2 is 1.81 bits per heavy atom. The largest absolute Gasteiger partial charge is 0.445 e. The van der Waals surface area contributed by atoms with E-state index in [-0.39, 0.29) is 17.4 Å². The van der Waals surface area contributed by atoms with E-state index in [0.717, 1.165) is 16.8 Å². The highest BCUT2D eigenvalue weighted by Gasteiger charge is 2.39. The molecule has 1 aromatic heterocycles. The number of thiazole rings is 1. The number of carbonyl (C=O) groups is 1. The molecule has 1 aliphatic heterocycles. The number of allylic oxidation sites excluding steroid dienone is 3. The van der Waals surface area contributed by atoms with Crippen molar-refractivity contribution in [1.29, 1.82) is 0 Å². The first kappa shape index (κ1) is 20.1. The summed E-state index contributed by atoms with van der Waals surface area (Å²) in [6.07, 6.45) is 1.78. The molecule has 1 aliphatic carbocycles. The smallest absolute Gasteiger partial charge is 0.269 e. The number of ether oxygens (including phenoxy) is 1. The van der Waals surface area contributed by atoms with Crippen molar-refractivity contribution in [1.82, 2.24) is 4.98 Å². The molecule has 0 unspecified atom stereocenters. The van der Waals surface area contributed by atoms with Crippen LogP contribution in [0.1, 0.15) is 35.8 Å². The van der Waals surface area contributed by atoms with Crippen LogP contribution in [0.15, 0.2) is 77.2 Å². The molecule has 160 valence electrons. The van der Waals surface area contributed by atoms with Gasteiger partial charge in [0.15, 0.2) is 11.7 Å². The summed E-state index contributed by atoms with van der Waals surface area (Å²) >= 11 is 1.43. The molecule has 1 atom stereocenters. The van der Waals surface area contributed by atoms with E-state index in [0.29, 0.717) is 41.2 Å². The minimum Gasteiger partial charge on any atom is -0.445 e. The summed E-state index contributed by atoms with van der Waals surface area (Å²) in [4.78, 5) is 28.5. The van der Waals surface area contributed by atoms with Crippen molar-refractivity contribution in [3.8, 4) is 11.3 Å². The maximum Gasteiger partial charge on any atom is 0.269 e. The number of rotatable bonds is 4. The van der Waals surface area contributed by atoms with Gasteiger partial charge in [-0.05, 0) is 12.0 Å². The Labute approximate surface area is 188 Å². The van der Waals surface area contributed by atoms with Crippen LogP contribution in [0.4, 0.5) is 5.69 Å². The average molecular weight is 446 g/mol. The van der Waals surface area contributed by atoms with Gasteiger partial charge in [-0.2, -0.15) is 0 Å². The van der Waals surface area contributed by atoms with E-state index in [4.69, 9.17) is 15.5 Å². The lowest BCUT2D eigenvalue weighted by atomic mass is 9.77. The van der Waals surface area contributed by atoms with Crippen LogP contribution in [0.2, 0.25) is 0 Å². The van der Waals surface area contributed by atoms with Crippen LogP contribution in [0.25, 0.3) is 16.8 Å². The number of hydrogen-bond donors (Lipinski definition) is 1. The summed E-state index contributed by atoms with van der Waals surface area (Å²) in [7, 11) is 0. The Hall–Kier alpha value is -3.78. The maximum atomic E-state index is 13.0. The molecule has 2 aromatic carbocycles. The first-order valence-electron chi connectivity index (χ1n) is 10.2. The quantitative estimate of drug-likeness (QED) is 0.439. The van der Waals surface area contributed by atoms with E-state index in [1.165, 1.54) is 23.5 Å². The van der Waals surface area contributed by atoms with Gasteiger partial charge in [-0.1, -0.05) is 42.5 Å². The molecule has 7 nitrogen and oxygen atoms in total. The Morgan fingerprint density at radius 1 is 1.06 bits per heavy atom. The Morgan fingerprint density at radius 3 is 2.53 bits per heavy atom. The summed E-state index contributed by atoms with van der Waals surface area (Å²) < 4.78 is 5.93. The van der Waals surface area contributed by atoms with Gasteiger partial charge in [0.1, 0.15) is 10.8 Å². The van der Waals surface area contributed by atoms with Gasteiger partial charge in [-0.25, -0.2) is 4.98 Å². The average Bonchev–Trinajstić information content (AvgIpc) is 3.29. The van der Waals surface area contributed by atoms with Crippen molar-refractivity contribution in [3.63, 3.8) is 0 Å².